The molecule has 1 aromatic rings. The van der Waals surface area contributed by atoms with E-state index < -0.39 is 17.0 Å². The second-order valence-corrected chi connectivity index (χ2v) is 5.85. The van der Waals surface area contributed by atoms with E-state index in [0.29, 0.717) is 32.1 Å². The molecule has 21 heavy (non-hydrogen) atoms. The van der Waals surface area contributed by atoms with Gasteiger partial charge in [-0.2, -0.15) is 5.26 Å². The van der Waals surface area contributed by atoms with Crippen molar-refractivity contribution >= 4 is 11.7 Å². The van der Waals surface area contributed by atoms with Crippen LogP contribution in [-0.2, 0) is 15.0 Å². The summed E-state index contributed by atoms with van der Waals surface area (Å²) in [4.78, 5) is 16.4. The SMILES string of the molecule is N#CC1(c2ccccc2)CCC2(CC1)CC(C(=O)O)=NO2. The molecule has 1 fully saturated rings. The van der Waals surface area contributed by atoms with E-state index in [1.54, 1.807) is 0 Å². The van der Waals surface area contributed by atoms with E-state index in [0.717, 1.165) is 5.56 Å². The molecule has 108 valence electrons. The molecule has 0 aromatic heterocycles. The van der Waals surface area contributed by atoms with Crippen molar-refractivity contribution in [1.82, 2.24) is 0 Å². The van der Waals surface area contributed by atoms with Crippen molar-refractivity contribution < 1.29 is 14.7 Å². The van der Waals surface area contributed by atoms with Crippen molar-refractivity contribution in [2.24, 2.45) is 5.16 Å². The third kappa shape index (κ3) is 2.27. The van der Waals surface area contributed by atoms with E-state index in [2.05, 4.69) is 11.2 Å². The Morgan fingerprint density at radius 3 is 2.43 bits per heavy atom. The van der Waals surface area contributed by atoms with Crippen molar-refractivity contribution in [3.63, 3.8) is 0 Å². The molecule has 1 spiro atoms. The molecule has 5 nitrogen and oxygen atoms in total. The summed E-state index contributed by atoms with van der Waals surface area (Å²) < 4.78 is 0. The van der Waals surface area contributed by atoms with Gasteiger partial charge in [0.15, 0.2) is 5.71 Å². The summed E-state index contributed by atoms with van der Waals surface area (Å²) in [6.45, 7) is 0. The molecule has 1 aliphatic heterocycles. The van der Waals surface area contributed by atoms with E-state index >= 15 is 0 Å². The lowest BCUT2D eigenvalue weighted by Gasteiger charge is -2.39. The van der Waals surface area contributed by atoms with Crippen LogP contribution < -0.4 is 0 Å². The van der Waals surface area contributed by atoms with Crippen LogP contribution in [0.4, 0.5) is 0 Å². The Kier molecular flexibility index (Phi) is 3.17. The van der Waals surface area contributed by atoms with Gasteiger partial charge in [0.1, 0.15) is 5.60 Å². The number of oxime groups is 1. The first-order valence-corrected chi connectivity index (χ1v) is 7.04. The van der Waals surface area contributed by atoms with E-state index in [1.165, 1.54) is 0 Å². The van der Waals surface area contributed by atoms with Crippen molar-refractivity contribution in [2.75, 3.05) is 0 Å². The standard InChI is InChI=1S/C16H16N2O3/c17-11-15(12-4-2-1-3-5-12)6-8-16(9-7-15)10-13(14(19)20)18-21-16/h1-5H,6-10H2,(H,19,20). The summed E-state index contributed by atoms with van der Waals surface area (Å²) in [5.74, 6) is -1.02. The zero-order valence-electron chi connectivity index (χ0n) is 11.6. The van der Waals surface area contributed by atoms with Gasteiger partial charge in [0.2, 0.25) is 0 Å². The second kappa shape index (κ2) is 4.88. The molecule has 1 aromatic carbocycles. The molecule has 1 heterocycles. The number of carbonyl (C=O) groups is 1. The lowest BCUT2D eigenvalue weighted by atomic mass is 9.65. The van der Waals surface area contributed by atoms with Gasteiger partial charge in [-0.05, 0) is 31.2 Å². The van der Waals surface area contributed by atoms with Crippen LogP contribution in [-0.4, -0.2) is 22.4 Å². The minimum Gasteiger partial charge on any atom is -0.477 e. The Morgan fingerprint density at radius 2 is 1.90 bits per heavy atom. The van der Waals surface area contributed by atoms with Gasteiger partial charge in [0, 0.05) is 6.42 Å². The van der Waals surface area contributed by atoms with E-state index in [9.17, 15) is 10.1 Å². The summed E-state index contributed by atoms with van der Waals surface area (Å²) in [5, 5.41) is 22.3. The fraction of sp³-hybridized carbons (Fsp3) is 0.438. The van der Waals surface area contributed by atoms with Gasteiger partial charge in [-0.15, -0.1) is 0 Å². The zero-order chi connectivity index (χ0) is 14.9. The summed E-state index contributed by atoms with van der Waals surface area (Å²) in [7, 11) is 0. The first kappa shape index (κ1) is 13.6. The Bertz CT molecular complexity index is 623. The molecular weight excluding hydrogens is 268 g/mol. The third-order valence-electron chi connectivity index (χ3n) is 4.64. The summed E-state index contributed by atoms with van der Waals surface area (Å²) in [5.41, 5.74) is 0.0870. The molecule has 1 saturated carbocycles. The van der Waals surface area contributed by atoms with Crippen LogP contribution in [0.15, 0.2) is 35.5 Å². The van der Waals surface area contributed by atoms with Crippen molar-refractivity contribution in [3.8, 4) is 6.07 Å². The minimum atomic E-state index is -1.02. The first-order valence-electron chi connectivity index (χ1n) is 7.04. The van der Waals surface area contributed by atoms with Gasteiger partial charge < -0.3 is 9.94 Å². The van der Waals surface area contributed by atoms with Gasteiger partial charge in [-0.1, -0.05) is 35.5 Å². The van der Waals surface area contributed by atoms with Gasteiger partial charge in [0.05, 0.1) is 11.5 Å². The molecule has 2 aliphatic rings. The van der Waals surface area contributed by atoms with E-state index in [-0.39, 0.29) is 5.71 Å². The highest BCUT2D eigenvalue weighted by atomic mass is 16.7. The molecule has 5 heteroatoms. The van der Waals surface area contributed by atoms with Crippen LogP contribution in [0.3, 0.4) is 0 Å². The molecule has 0 atom stereocenters. The topological polar surface area (TPSA) is 82.7 Å². The van der Waals surface area contributed by atoms with Crippen LogP contribution in [0, 0.1) is 11.3 Å². The number of benzene rings is 1. The van der Waals surface area contributed by atoms with Crippen LogP contribution in [0.2, 0.25) is 0 Å². The maximum atomic E-state index is 11.0. The summed E-state index contributed by atoms with van der Waals surface area (Å²) in [6.07, 6.45) is 2.95. The van der Waals surface area contributed by atoms with Gasteiger partial charge in [-0.3, -0.25) is 0 Å². The molecule has 3 rings (SSSR count). The fourth-order valence-electron chi connectivity index (χ4n) is 3.26. The Hall–Kier alpha value is -2.35. The zero-order valence-corrected chi connectivity index (χ0v) is 11.6. The normalized spacial score (nSPS) is 31.3. The van der Waals surface area contributed by atoms with Gasteiger partial charge >= 0.3 is 5.97 Å². The highest BCUT2D eigenvalue weighted by Gasteiger charge is 2.49. The molecule has 0 bridgehead atoms. The van der Waals surface area contributed by atoms with Crippen molar-refractivity contribution in [3.05, 3.63) is 35.9 Å². The minimum absolute atomic E-state index is 0.0826. The number of nitrogens with zero attached hydrogens (tertiary/aromatic N) is 2. The van der Waals surface area contributed by atoms with Crippen molar-refractivity contribution in [2.45, 2.75) is 43.1 Å². The predicted octanol–water partition coefficient (Wildman–Crippen LogP) is 2.62. The quantitative estimate of drug-likeness (QED) is 0.905. The number of carboxylic acids is 1. The van der Waals surface area contributed by atoms with Crippen LogP contribution in [0.1, 0.15) is 37.7 Å². The highest BCUT2D eigenvalue weighted by molar-refractivity contribution is 6.36. The largest absolute Gasteiger partial charge is 0.477 e. The number of aliphatic carboxylic acids is 1. The molecule has 0 amide bonds. The number of carboxylic acid groups (broad SMARTS) is 1. The number of nitriles is 1. The lowest BCUT2D eigenvalue weighted by molar-refractivity contribution is -0.129. The fourth-order valence-corrected chi connectivity index (χ4v) is 3.26. The van der Waals surface area contributed by atoms with Gasteiger partial charge in [-0.25, -0.2) is 4.79 Å². The summed E-state index contributed by atoms with van der Waals surface area (Å²) >= 11 is 0. The number of hydrogen-bond acceptors (Lipinski definition) is 4. The van der Waals surface area contributed by atoms with Crippen molar-refractivity contribution in [1.29, 1.82) is 5.26 Å². The third-order valence-corrected chi connectivity index (χ3v) is 4.64. The predicted molar refractivity (Wildman–Crippen MR) is 75.7 cm³/mol. The maximum absolute atomic E-state index is 11.0. The van der Waals surface area contributed by atoms with E-state index in [4.69, 9.17) is 9.94 Å². The molecule has 1 aliphatic carbocycles. The first-order chi connectivity index (χ1) is 10.1. The van der Waals surface area contributed by atoms with Crippen LogP contribution in [0.5, 0.6) is 0 Å². The molecular formula is C16H16N2O3. The van der Waals surface area contributed by atoms with E-state index in [1.807, 2.05) is 30.3 Å². The summed E-state index contributed by atoms with van der Waals surface area (Å²) in [6, 6.07) is 12.2. The van der Waals surface area contributed by atoms with Crippen LogP contribution >= 0.6 is 0 Å². The monoisotopic (exact) mass is 284 g/mol. The highest BCUT2D eigenvalue weighted by Crippen LogP contribution is 2.47. The average molecular weight is 284 g/mol. The van der Waals surface area contributed by atoms with Crippen LogP contribution in [0.25, 0.3) is 0 Å². The number of rotatable bonds is 2. The smallest absolute Gasteiger partial charge is 0.353 e. The second-order valence-electron chi connectivity index (χ2n) is 5.85. The molecule has 0 radical (unpaired) electrons. The molecule has 0 unspecified atom stereocenters. The molecule has 0 saturated heterocycles. The average Bonchev–Trinajstić information content (AvgIpc) is 2.94. The maximum Gasteiger partial charge on any atom is 0.353 e. The Labute approximate surface area is 122 Å². The Balaban J connectivity index is 1.76. The lowest BCUT2D eigenvalue weighted by Crippen LogP contribution is -2.41. The number of hydrogen-bond donors (Lipinski definition) is 1. The van der Waals surface area contributed by atoms with Gasteiger partial charge in [0.25, 0.3) is 0 Å². The Morgan fingerprint density at radius 1 is 1.24 bits per heavy atom. The molecule has 1 N–H and O–H groups in total.